The van der Waals surface area contributed by atoms with Crippen molar-refractivity contribution in [3.8, 4) is 33.8 Å². The van der Waals surface area contributed by atoms with Crippen LogP contribution in [0.5, 0.6) is 0 Å². The quantitative estimate of drug-likeness (QED) is 0.392. The summed E-state index contributed by atoms with van der Waals surface area (Å²) < 4.78 is 5.92. The Morgan fingerprint density at radius 1 is 0.968 bits per heavy atom. The van der Waals surface area contributed by atoms with Gasteiger partial charge in [0.1, 0.15) is 11.2 Å². The van der Waals surface area contributed by atoms with Gasteiger partial charge < -0.3 is 9.73 Å². The Balaban J connectivity index is 1.52. The monoisotopic (exact) mass is 408 g/mol. The normalized spacial score (nSPS) is 11.0. The smallest absolute Gasteiger partial charge is 0.231 e. The Morgan fingerprint density at radius 3 is 2.52 bits per heavy atom. The molecule has 0 aliphatic carbocycles. The van der Waals surface area contributed by atoms with Crippen molar-refractivity contribution in [2.45, 2.75) is 13.8 Å². The minimum Gasteiger partial charge on any atom is -0.436 e. The van der Waals surface area contributed by atoms with E-state index < -0.39 is 0 Å². The maximum absolute atomic E-state index is 11.6. The van der Waals surface area contributed by atoms with Crippen LogP contribution in [0.4, 0.5) is 5.69 Å². The van der Waals surface area contributed by atoms with Gasteiger partial charge >= 0.3 is 0 Å². The SMILES string of the molecule is CC(=O)Nc1ccc(C)cc1-c1ccc(-c2n[nH]cc2-c2nc3ccccc3o2)cc1. The Hall–Kier alpha value is -4.19. The number of aryl methyl sites for hydroxylation is 1. The van der Waals surface area contributed by atoms with Gasteiger partial charge in [0.15, 0.2) is 5.58 Å². The summed E-state index contributed by atoms with van der Waals surface area (Å²) in [6, 6.07) is 21.7. The van der Waals surface area contributed by atoms with Gasteiger partial charge in [0.2, 0.25) is 11.8 Å². The van der Waals surface area contributed by atoms with E-state index in [0.29, 0.717) is 5.89 Å². The number of benzene rings is 3. The molecule has 2 aromatic heterocycles. The molecule has 5 aromatic rings. The number of para-hydroxylation sites is 2. The average Bonchev–Trinajstić information content (AvgIpc) is 3.41. The molecule has 152 valence electrons. The summed E-state index contributed by atoms with van der Waals surface area (Å²) in [6.45, 7) is 3.55. The molecule has 0 radical (unpaired) electrons. The van der Waals surface area contributed by atoms with Gasteiger partial charge in [0.05, 0.1) is 5.56 Å². The molecule has 5 rings (SSSR count). The molecule has 31 heavy (non-hydrogen) atoms. The molecular weight excluding hydrogens is 388 g/mol. The van der Waals surface area contributed by atoms with Crippen molar-refractivity contribution in [3.05, 3.63) is 78.5 Å². The second-order valence-electron chi connectivity index (χ2n) is 7.44. The molecule has 6 nitrogen and oxygen atoms in total. The molecule has 1 amide bonds. The van der Waals surface area contributed by atoms with Crippen molar-refractivity contribution in [1.29, 1.82) is 0 Å². The number of oxazole rings is 1. The molecule has 3 aromatic carbocycles. The predicted octanol–water partition coefficient (Wildman–Crippen LogP) is 5.82. The molecule has 0 saturated carbocycles. The third-order valence-electron chi connectivity index (χ3n) is 5.12. The molecular formula is C25H20N4O2. The van der Waals surface area contributed by atoms with Crippen LogP contribution in [0.3, 0.4) is 0 Å². The predicted molar refractivity (Wildman–Crippen MR) is 122 cm³/mol. The van der Waals surface area contributed by atoms with Crippen LogP contribution in [0.2, 0.25) is 0 Å². The second kappa shape index (κ2) is 7.57. The standard InChI is InChI=1S/C25H20N4O2/c1-15-7-12-21(27-16(2)30)19(13-15)17-8-10-18(11-9-17)24-20(14-26-29-24)25-28-22-5-3-4-6-23(22)31-25/h3-14H,1-2H3,(H,26,29)(H,27,30). The van der Waals surface area contributed by atoms with Crippen molar-refractivity contribution in [2.75, 3.05) is 5.32 Å². The minimum absolute atomic E-state index is 0.0961. The van der Waals surface area contributed by atoms with E-state index in [-0.39, 0.29) is 5.91 Å². The molecule has 0 aliphatic heterocycles. The van der Waals surface area contributed by atoms with Gasteiger partial charge in [-0.05, 0) is 36.8 Å². The first kappa shape index (κ1) is 18.8. The third-order valence-corrected chi connectivity index (χ3v) is 5.12. The van der Waals surface area contributed by atoms with Crippen molar-refractivity contribution in [3.63, 3.8) is 0 Å². The summed E-state index contributed by atoms with van der Waals surface area (Å²) in [5.41, 5.74) is 7.96. The van der Waals surface area contributed by atoms with Gasteiger partial charge in [-0.1, -0.05) is 48.0 Å². The number of hydrogen-bond donors (Lipinski definition) is 2. The number of carbonyl (C=O) groups excluding carboxylic acids is 1. The fraction of sp³-hybridized carbons (Fsp3) is 0.0800. The lowest BCUT2D eigenvalue weighted by Crippen LogP contribution is -2.07. The molecule has 0 fully saturated rings. The number of amides is 1. The Kier molecular flexibility index (Phi) is 4.59. The maximum atomic E-state index is 11.6. The van der Waals surface area contributed by atoms with Gasteiger partial charge in [-0.25, -0.2) is 4.98 Å². The molecule has 0 atom stereocenters. The summed E-state index contributed by atoms with van der Waals surface area (Å²) in [6.07, 6.45) is 1.80. The van der Waals surface area contributed by atoms with E-state index >= 15 is 0 Å². The summed E-state index contributed by atoms with van der Waals surface area (Å²) in [4.78, 5) is 16.2. The number of aromatic amines is 1. The minimum atomic E-state index is -0.0961. The highest BCUT2D eigenvalue weighted by molar-refractivity contribution is 5.94. The van der Waals surface area contributed by atoms with Gasteiger partial charge in [-0.2, -0.15) is 5.10 Å². The van der Waals surface area contributed by atoms with Crippen LogP contribution in [0.25, 0.3) is 44.9 Å². The molecule has 0 aliphatic rings. The van der Waals surface area contributed by atoms with Crippen LogP contribution in [0, 0.1) is 6.92 Å². The first-order valence-electron chi connectivity index (χ1n) is 9.97. The fourth-order valence-corrected chi connectivity index (χ4v) is 3.66. The van der Waals surface area contributed by atoms with Gasteiger partial charge in [-0.3, -0.25) is 9.89 Å². The van der Waals surface area contributed by atoms with Crippen LogP contribution in [-0.2, 0) is 4.79 Å². The number of hydrogen-bond acceptors (Lipinski definition) is 4. The summed E-state index contributed by atoms with van der Waals surface area (Å²) in [5.74, 6) is 0.432. The van der Waals surface area contributed by atoms with Crippen LogP contribution in [0.15, 0.2) is 77.3 Å². The van der Waals surface area contributed by atoms with Gasteiger partial charge in [-0.15, -0.1) is 0 Å². The molecule has 0 saturated heterocycles. The average molecular weight is 408 g/mol. The molecule has 2 N–H and O–H groups in total. The largest absolute Gasteiger partial charge is 0.436 e. The molecule has 0 spiro atoms. The number of nitrogens with zero attached hydrogens (tertiary/aromatic N) is 2. The maximum Gasteiger partial charge on any atom is 0.231 e. The van der Waals surface area contributed by atoms with Crippen LogP contribution in [-0.4, -0.2) is 21.1 Å². The van der Waals surface area contributed by atoms with E-state index in [0.717, 1.165) is 50.3 Å². The van der Waals surface area contributed by atoms with E-state index in [1.165, 1.54) is 6.92 Å². The van der Waals surface area contributed by atoms with Crippen LogP contribution in [0.1, 0.15) is 12.5 Å². The lowest BCUT2D eigenvalue weighted by molar-refractivity contribution is -0.114. The van der Waals surface area contributed by atoms with Crippen molar-refractivity contribution < 1.29 is 9.21 Å². The second-order valence-corrected chi connectivity index (χ2v) is 7.44. The van der Waals surface area contributed by atoms with E-state index in [2.05, 4.69) is 26.6 Å². The third kappa shape index (κ3) is 3.59. The number of aromatic nitrogens is 3. The highest BCUT2D eigenvalue weighted by Gasteiger charge is 2.16. The van der Waals surface area contributed by atoms with E-state index in [9.17, 15) is 4.79 Å². The topological polar surface area (TPSA) is 83.8 Å². The van der Waals surface area contributed by atoms with E-state index in [4.69, 9.17) is 4.42 Å². The van der Waals surface area contributed by atoms with Crippen molar-refractivity contribution in [1.82, 2.24) is 15.2 Å². The number of anilines is 1. The summed E-state index contributed by atoms with van der Waals surface area (Å²) in [5, 5.41) is 10.3. The van der Waals surface area contributed by atoms with E-state index in [1.807, 2.05) is 67.6 Å². The Labute approximate surface area is 179 Å². The van der Waals surface area contributed by atoms with Crippen LogP contribution >= 0.6 is 0 Å². The zero-order chi connectivity index (χ0) is 21.4. The number of H-pyrrole nitrogens is 1. The molecule has 0 bridgehead atoms. The Morgan fingerprint density at radius 2 is 1.74 bits per heavy atom. The lowest BCUT2D eigenvalue weighted by Gasteiger charge is -2.12. The zero-order valence-electron chi connectivity index (χ0n) is 17.1. The van der Waals surface area contributed by atoms with Gasteiger partial charge in [0.25, 0.3) is 0 Å². The number of carbonyl (C=O) groups is 1. The van der Waals surface area contributed by atoms with E-state index in [1.54, 1.807) is 6.20 Å². The zero-order valence-corrected chi connectivity index (χ0v) is 17.1. The summed E-state index contributed by atoms with van der Waals surface area (Å²) in [7, 11) is 0. The first-order chi connectivity index (χ1) is 15.1. The van der Waals surface area contributed by atoms with Crippen molar-refractivity contribution >= 4 is 22.7 Å². The molecule has 2 heterocycles. The van der Waals surface area contributed by atoms with Gasteiger partial charge in [0, 0.05) is 29.9 Å². The number of rotatable bonds is 4. The lowest BCUT2D eigenvalue weighted by atomic mass is 9.98. The summed E-state index contributed by atoms with van der Waals surface area (Å²) >= 11 is 0. The molecule has 6 heteroatoms. The first-order valence-corrected chi connectivity index (χ1v) is 9.97. The number of fused-ring (bicyclic) bond motifs is 1. The van der Waals surface area contributed by atoms with Crippen LogP contribution < -0.4 is 5.32 Å². The highest BCUT2D eigenvalue weighted by Crippen LogP contribution is 2.34. The Bertz CT molecular complexity index is 1360. The molecule has 0 unspecified atom stereocenters. The fourth-order valence-electron chi connectivity index (χ4n) is 3.66. The van der Waals surface area contributed by atoms with Crippen molar-refractivity contribution in [2.24, 2.45) is 0 Å². The highest BCUT2D eigenvalue weighted by atomic mass is 16.3. The number of nitrogens with one attached hydrogen (secondary N) is 2.